The highest BCUT2D eigenvalue weighted by Crippen LogP contribution is 2.25. The zero-order valence-corrected chi connectivity index (χ0v) is 23.8. The Balaban J connectivity index is 2.20. The number of nitrogens with zero attached hydrogens (tertiary/aromatic N) is 2. The summed E-state index contributed by atoms with van der Waals surface area (Å²) >= 11 is 12.2. The van der Waals surface area contributed by atoms with Gasteiger partial charge < -0.3 is 10.2 Å². The van der Waals surface area contributed by atoms with Crippen LogP contribution in [0.2, 0.25) is 10.0 Å². The fourth-order valence-corrected chi connectivity index (χ4v) is 5.04. The average molecular weight is 557 g/mol. The molecular formula is C26H35Cl2N3O4S. The van der Waals surface area contributed by atoms with E-state index >= 15 is 0 Å². The van der Waals surface area contributed by atoms with E-state index in [-0.39, 0.29) is 37.2 Å². The Kier molecular flexibility index (Phi) is 11.1. The molecule has 36 heavy (non-hydrogen) atoms. The minimum Gasteiger partial charge on any atom is -0.354 e. The van der Waals surface area contributed by atoms with Gasteiger partial charge in [-0.25, -0.2) is 8.42 Å². The van der Waals surface area contributed by atoms with Crippen molar-refractivity contribution in [1.82, 2.24) is 10.2 Å². The Morgan fingerprint density at radius 3 is 2.28 bits per heavy atom. The van der Waals surface area contributed by atoms with Gasteiger partial charge in [-0.05, 0) is 55.5 Å². The predicted molar refractivity (Wildman–Crippen MR) is 147 cm³/mol. The van der Waals surface area contributed by atoms with E-state index in [2.05, 4.69) is 5.32 Å². The van der Waals surface area contributed by atoms with Crippen LogP contribution in [0.25, 0.3) is 0 Å². The van der Waals surface area contributed by atoms with Gasteiger partial charge in [0.05, 0.1) is 22.0 Å². The first-order chi connectivity index (χ1) is 16.8. The minimum absolute atomic E-state index is 0.0705. The summed E-state index contributed by atoms with van der Waals surface area (Å²) < 4.78 is 26.3. The molecule has 0 saturated heterocycles. The van der Waals surface area contributed by atoms with E-state index in [9.17, 15) is 18.0 Å². The molecule has 0 aliphatic rings. The second-order valence-corrected chi connectivity index (χ2v) is 12.0. The molecule has 0 bridgehead atoms. The van der Waals surface area contributed by atoms with Crippen LogP contribution in [-0.2, 0) is 26.2 Å². The number of hydrogen-bond acceptors (Lipinski definition) is 4. The summed E-state index contributed by atoms with van der Waals surface area (Å²) in [6.45, 7) is 8.31. The molecule has 7 nitrogen and oxygen atoms in total. The standard InChI is InChI=1S/C26H35Cl2N3O4S/c1-18(2)16-29-26(33)20(4)30(17-21-12-13-22(27)23(28)15-21)25(32)11-8-14-31(36(5,34)35)24-10-7-6-9-19(24)3/h6-7,9-10,12-13,15,18,20H,8,11,14,16-17H2,1-5H3,(H,29,33)/t20-/m1/s1. The van der Waals surface area contributed by atoms with Gasteiger partial charge in [-0.1, -0.05) is 61.3 Å². The highest BCUT2D eigenvalue weighted by atomic mass is 35.5. The number of sulfonamides is 1. The van der Waals surface area contributed by atoms with Crippen molar-refractivity contribution in [3.8, 4) is 0 Å². The van der Waals surface area contributed by atoms with Gasteiger partial charge in [0.2, 0.25) is 21.8 Å². The Morgan fingerprint density at radius 2 is 1.69 bits per heavy atom. The number of carbonyl (C=O) groups is 2. The molecule has 1 atom stereocenters. The first-order valence-electron chi connectivity index (χ1n) is 11.9. The number of anilines is 1. The molecule has 0 heterocycles. The monoisotopic (exact) mass is 555 g/mol. The quantitative estimate of drug-likeness (QED) is 0.397. The van der Waals surface area contributed by atoms with Crippen LogP contribution in [0, 0.1) is 12.8 Å². The van der Waals surface area contributed by atoms with Crippen LogP contribution in [0.15, 0.2) is 42.5 Å². The van der Waals surface area contributed by atoms with E-state index < -0.39 is 16.1 Å². The SMILES string of the molecule is Cc1ccccc1N(CCCC(=O)N(Cc1ccc(Cl)c(Cl)c1)[C@H](C)C(=O)NCC(C)C)S(C)(=O)=O. The van der Waals surface area contributed by atoms with Crippen molar-refractivity contribution in [3.63, 3.8) is 0 Å². The zero-order chi connectivity index (χ0) is 27.0. The summed E-state index contributed by atoms with van der Waals surface area (Å²) in [5, 5.41) is 3.64. The molecule has 0 aliphatic heterocycles. The first kappa shape index (κ1) is 29.9. The third kappa shape index (κ3) is 8.68. The number of nitrogens with one attached hydrogen (secondary N) is 1. The number of amides is 2. The van der Waals surface area contributed by atoms with Crippen LogP contribution in [-0.4, -0.2) is 50.5 Å². The van der Waals surface area contributed by atoms with Gasteiger partial charge in [0.1, 0.15) is 6.04 Å². The lowest BCUT2D eigenvalue weighted by molar-refractivity contribution is -0.140. The Labute approximate surface area is 224 Å². The maximum absolute atomic E-state index is 13.3. The molecule has 0 radical (unpaired) electrons. The van der Waals surface area contributed by atoms with E-state index in [4.69, 9.17) is 23.2 Å². The van der Waals surface area contributed by atoms with Gasteiger partial charge >= 0.3 is 0 Å². The van der Waals surface area contributed by atoms with Crippen molar-refractivity contribution >= 4 is 50.7 Å². The fraction of sp³-hybridized carbons (Fsp3) is 0.462. The van der Waals surface area contributed by atoms with Gasteiger partial charge in [-0.3, -0.25) is 13.9 Å². The summed E-state index contributed by atoms with van der Waals surface area (Å²) in [6, 6.07) is 11.6. The summed E-state index contributed by atoms with van der Waals surface area (Å²) in [7, 11) is -3.54. The van der Waals surface area contributed by atoms with Gasteiger partial charge in [0, 0.05) is 26.1 Å². The first-order valence-corrected chi connectivity index (χ1v) is 14.5. The number of benzene rings is 2. The number of halogens is 2. The van der Waals surface area contributed by atoms with Crippen molar-refractivity contribution in [2.45, 2.75) is 53.1 Å². The smallest absolute Gasteiger partial charge is 0.242 e. The normalized spacial score (nSPS) is 12.3. The molecule has 198 valence electrons. The maximum atomic E-state index is 13.3. The summed E-state index contributed by atoms with van der Waals surface area (Å²) in [5.41, 5.74) is 2.14. The lowest BCUT2D eigenvalue weighted by Crippen LogP contribution is -2.48. The van der Waals surface area contributed by atoms with Crippen molar-refractivity contribution in [3.05, 3.63) is 63.6 Å². The van der Waals surface area contributed by atoms with E-state index in [0.29, 0.717) is 28.7 Å². The number of aryl methyl sites for hydroxylation is 1. The molecule has 2 amide bonds. The van der Waals surface area contributed by atoms with Gasteiger partial charge in [-0.2, -0.15) is 0 Å². The molecule has 0 saturated carbocycles. The molecule has 2 aromatic carbocycles. The fourth-order valence-electron chi connectivity index (χ4n) is 3.70. The van der Waals surface area contributed by atoms with E-state index in [1.165, 1.54) is 9.21 Å². The maximum Gasteiger partial charge on any atom is 0.242 e. The molecule has 0 spiro atoms. The summed E-state index contributed by atoms with van der Waals surface area (Å²) in [4.78, 5) is 27.6. The van der Waals surface area contributed by atoms with Crippen molar-refractivity contribution in [1.29, 1.82) is 0 Å². The molecule has 0 aromatic heterocycles. The van der Waals surface area contributed by atoms with Gasteiger partial charge in [-0.15, -0.1) is 0 Å². The zero-order valence-electron chi connectivity index (χ0n) is 21.4. The van der Waals surface area contributed by atoms with Crippen LogP contribution in [0.1, 0.15) is 44.7 Å². The van der Waals surface area contributed by atoms with Crippen LogP contribution in [0.3, 0.4) is 0 Å². The second-order valence-electron chi connectivity index (χ2n) is 9.31. The second kappa shape index (κ2) is 13.3. The molecule has 0 fully saturated rings. The molecule has 2 aromatic rings. The van der Waals surface area contributed by atoms with Crippen LogP contribution >= 0.6 is 23.2 Å². The molecule has 2 rings (SSSR count). The third-order valence-electron chi connectivity index (χ3n) is 5.73. The van der Waals surface area contributed by atoms with E-state index in [1.54, 1.807) is 37.3 Å². The Hall–Kier alpha value is -2.29. The topological polar surface area (TPSA) is 86.8 Å². The number of para-hydroxylation sites is 1. The third-order valence-corrected chi connectivity index (χ3v) is 7.64. The molecule has 0 unspecified atom stereocenters. The Morgan fingerprint density at radius 1 is 1.03 bits per heavy atom. The van der Waals surface area contributed by atoms with Crippen LogP contribution < -0.4 is 9.62 Å². The highest BCUT2D eigenvalue weighted by molar-refractivity contribution is 7.92. The predicted octanol–water partition coefficient (Wildman–Crippen LogP) is 5.04. The largest absolute Gasteiger partial charge is 0.354 e. The lowest BCUT2D eigenvalue weighted by atomic mass is 10.1. The summed E-state index contributed by atoms with van der Waals surface area (Å²) in [5.74, 6) is -0.245. The number of hydrogen-bond donors (Lipinski definition) is 1. The van der Waals surface area contributed by atoms with Crippen LogP contribution in [0.4, 0.5) is 5.69 Å². The number of carbonyl (C=O) groups excluding carboxylic acids is 2. The molecule has 0 aliphatic carbocycles. The molecular weight excluding hydrogens is 521 g/mol. The molecule has 10 heteroatoms. The van der Waals surface area contributed by atoms with E-state index in [0.717, 1.165) is 17.4 Å². The van der Waals surface area contributed by atoms with Gasteiger partial charge in [0.15, 0.2) is 0 Å². The van der Waals surface area contributed by atoms with Crippen molar-refractivity contribution in [2.75, 3.05) is 23.7 Å². The minimum atomic E-state index is -3.54. The van der Waals surface area contributed by atoms with Crippen LogP contribution in [0.5, 0.6) is 0 Å². The average Bonchev–Trinajstić information content (AvgIpc) is 2.80. The lowest BCUT2D eigenvalue weighted by Gasteiger charge is -2.30. The van der Waals surface area contributed by atoms with E-state index in [1.807, 2.05) is 32.9 Å². The molecule has 1 N–H and O–H groups in total. The van der Waals surface area contributed by atoms with Crippen molar-refractivity contribution < 1.29 is 18.0 Å². The van der Waals surface area contributed by atoms with Gasteiger partial charge in [0.25, 0.3) is 0 Å². The summed E-state index contributed by atoms with van der Waals surface area (Å²) in [6.07, 6.45) is 1.51. The highest BCUT2D eigenvalue weighted by Gasteiger charge is 2.27. The van der Waals surface area contributed by atoms with Crippen molar-refractivity contribution in [2.24, 2.45) is 5.92 Å². The Bertz CT molecular complexity index is 1170. The number of rotatable bonds is 12.